The fourth-order valence-electron chi connectivity index (χ4n) is 1.35. The highest BCUT2D eigenvalue weighted by atomic mass is 35.5. The Bertz CT molecular complexity index is 441. The molecule has 0 aliphatic carbocycles. The molecule has 0 N–H and O–H groups in total. The van der Waals surface area contributed by atoms with Gasteiger partial charge in [-0.3, -0.25) is 0 Å². The Kier molecular flexibility index (Phi) is 28.5. The summed E-state index contributed by atoms with van der Waals surface area (Å²) < 4.78 is 0. The van der Waals surface area contributed by atoms with E-state index in [0.717, 1.165) is 0 Å². The van der Waals surface area contributed by atoms with E-state index < -0.39 is 0 Å². The molecule has 0 nitrogen and oxygen atoms in total. The van der Waals surface area contributed by atoms with Gasteiger partial charge >= 0.3 is 0 Å². The van der Waals surface area contributed by atoms with Gasteiger partial charge in [0.1, 0.15) is 0 Å². The quantitative estimate of drug-likeness (QED) is 0.474. The second kappa shape index (κ2) is 20.9. The molecule has 124 valence electrons. The molecule has 0 aliphatic heterocycles. The Morgan fingerprint density at radius 3 is 1.00 bits per heavy atom. The van der Waals surface area contributed by atoms with Crippen LogP contribution in [0.2, 0.25) is 0 Å². The minimum Gasteiger partial charge on any atom is -0.147 e. The smallest absolute Gasteiger partial charge is 0.0256 e. The van der Waals surface area contributed by atoms with Gasteiger partial charge in [0.15, 0.2) is 0 Å². The van der Waals surface area contributed by atoms with Crippen LogP contribution in [0.25, 0.3) is 12.2 Å². The zero-order valence-electron chi connectivity index (χ0n) is 11.9. The van der Waals surface area contributed by atoms with Crippen molar-refractivity contribution in [1.82, 2.24) is 0 Å². The highest BCUT2D eigenvalue weighted by molar-refractivity contribution is 7.21. The van der Waals surface area contributed by atoms with Crippen molar-refractivity contribution in [2.45, 2.75) is 0 Å². The Morgan fingerprint density at radius 2 is 0.773 bits per heavy atom. The van der Waals surface area contributed by atoms with Crippen LogP contribution in [0.1, 0.15) is 11.1 Å². The number of rotatable bonds is 2. The van der Waals surface area contributed by atoms with Crippen LogP contribution in [-0.2, 0) is 0 Å². The number of hydrogen-bond acceptors (Lipinski definition) is 0. The van der Waals surface area contributed by atoms with Crippen molar-refractivity contribution in [2.75, 3.05) is 0 Å². The first-order valence-electron chi connectivity index (χ1n) is 5.73. The van der Waals surface area contributed by atoms with Gasteiger partial charge in [0.25, 0.3) is 0 Å². The van der Waals surface area contributed by atoms with E-state index in [2.05, 4.69) is 42.7 Å². The molecule has 6 heteroatoms. The fourth-order valence-corrected chi connectivity index (χ4v) is 1.79. The summed E-state index contributed by atoms with van der Waals surface area (Å²) in [5.74, 6) is 3.91. The Balaban J connectivity index is -0.000000125. The zero-order chi connectivity index (χ0) is 13.1. The molecule has 0 saturated heterocycles. The lowest BCUT2D eigenvalue weighted by Crippen LogP contribution is -1.64. The second-order valence-electron chi connectivity index (χ2n) is 3.54. The van der Waals surface area contributed by atoms with Gasteiger partial charge in [-0.1, -0.05) is 84.4 Å². The van der Waals surface area contributed by atoms with Gasteiger partial charge in [-0.2, -0.15) is 0 Å². The second-order valence-corrected chi connectivity index (χ2v) is 4.31. The molecule has 0 aromatic heterocycles. The predicted molar refractivity (Wildman–Crippen MR) is 119 cm³/mol. The molecule has 0 fully saturated rings. The van der Waals surface area contributed by atoms with Crippen LogP contribution >= 0.6 is 68.1 Å². The monoisotopic (exact) mass is 416 g/mol. The van der Waals surface area contributed by atoms with E-state index in [1.807, 2.05) is 60.2 Å². The molecule has 0 amide bonds. The van der Waals surface area contributed by atoms with Gasteiger partial charge in [-0.05, 0) is 11.1 Å². The van der Waals surface area contributed by atoms with Crippen molar-refractivity contribution < 1.29 is 0 Å². The molecule has 2 unspecified atom stereocenters. The Labute approximate surface area is 163 Å². The molecule has 0 heterocycles. The fraction of sp³-hybridized carbons (Fsp3) is 0. The van der Waals surface area contributed by atoms with Gasteiger partial charge in [-0.15, -0.1) is 68.1 Å². The number of halogens is 4. The highest BCUT2D eigenvalue weighted by Crippen LogP contribution is 2.02. The first-order chi connectivity index (χ1) is 8.86. The van der Waals surface area contributed by atoms with Crippen LogP contribution in [0.5, 0.6) is 0 Å². The Morgan fingerprint density at radius 1 is 0.500 bits per heavy atom. The average molecular weight is 418 g/mol. The summed E-state index contributed by atoms with van der Waals surface area (Å²) >= 11 is 0. The number of hydrogen-bond donors (Lipinski definition) is 0. The SMILES string of the molecule is Cl.Cl.Cl.Cl.P/C=C/c1ccccc1.P/C=C/c1ccccc1. The third-order valence-electron chi connectivity index (χ3n) is 2.18. The summed E-state index contributed by atoms with van der Waals surface area (Å²) in [6.45, 7) is 0. The van der Waals surface area contributed by atoms with Crippen molar-refractivity contribution >= 4 is 80.3 Å². The van der Waals surface area contributed by atoms with E-state index in [-0.39, 0.29) is 49.6 Å². The van der Waals surface area contributed by atoms with Crippen molar-refractivity contribution in [1.29, 1.82) is 0 Å². The van der Waals surface area contributed by atoms with E-state index >= 15 is 0 Å². The number of benzene rings is 2. The molecule has 0 radical (unpaired) electrons. The third kappa shape index (κ3) is 14.9. The van der Waals surface area contributed by atoms with Crippen LogP contribution in [0, 0.1) is 0 Å². The topological polar surface area (TPSA) is 0 Å². The summed E-state index contributed by atoms with van der Waals surface area (Å²) in [5.41, 5.74) is 2.49. The van der Waals surface area contributed by atoms with Crippen molar-refractivity contribution in [3.05, 3.63) is 83.4 Å². The molecular weight excluding hydrogens is 396 g/mol. The van der Waals surface area contributed by atoms with Gasteiger partial charge in [0.05, 0.1) is 0 Å². The molecule has 2 atom stereocenters. The lowest BCUT2D eigenvalue weighted by atomic mass is 10.2. The molecule has 2 aromatic rings. The van der Waals surface area contributed by atoms with Crippen LogP contribution in [0.15, 0.2) is 72.3 Å². The van der Waals surface area contributed by atoms with Crippen LogP contribution in [0.4, 0.5) is 0 Å². The van der Waals surface area contributed by atoms with E-state index in [1.165, 1.54) is 11.1 Å². The maximum Gasteiger partial charge on any atom is -0.0256 e. The zero-order valence-corrected chi connectivity index (χ0v) is 17.4. The summed E-state index contributed by atoms with van der Waals surface area (Å²) in [6.07, 6.45) is 4.09. The summed E-state index contributed by atoms with van der Waals surface area (Å²) in [4.78, 5) is 0. The van der Waals surface area contributed by atoms with Crippen LogP contribution < -0.4 is 0 Å². The molecule has 0 spiro atoms. The standard InChI is InChI=1S/2C8H9P.4ClH/c2*9-7-6-8-4-2-1-3-5-8;;;;/h2*1-7H,9H2;4*1H/b2*7-6+;;;;. The van der Waals surface area contributed by atoms with Crippen LogP contribution in [-0.4, -0.2) is 0 Å². The molecule has 0 saturated carbocycles. The summed E-state index contributed by atoms with van der Waals surface area (Å²) in [5, 5.41) is 0. The van der Waals surface area contributed by atoms with E-state index in [1.54, 1.807) is 0 Å². The largest absolute Gasteiger partial charge is 0.147 e. The van der Waals surface area contributed by atoms with Gasteiger partial charge in [-0.25, -0.2) is 0 Å². The van der Waals surface area contributed by atoms with Gasteiger partial charge < -0.3 is 0 Å². The Hall–Kier alpha value is -0.0600. The molecule has 0 aliphatic rings. The van der Waals surface area contributed by atoms with Gasteiger partial charge in [0.2, 0.25) is 0 Å². The first kappa shape index (κ1) is 29.9. The van der Waals surface area contributed by atoms with Crippen molar-refractivity contribution in [2.24, 2.45) is 0 Å². The summed E-state index contributed by atoms with van der Waals surface area (Å²) in [6, 6.07) is 20.4. The van der Waals surface area contributed by atoms with E-state index in [9.17, 15) is 0 Å². The van der Waals surface area contributed by atoms with Crippen LogP contribution in [0.3, 0.4) is 0 Å². The molecule has 22 heavy (non-hydrogen) atoms. The lowest BCUT2D eigenvalue weighted by Gasteiger charge is -1.86. The predicted octanol–water partition coefficient (Wildman–Crippen LogP) is 6.75. The minimum absolute atomic E-state index is 0. The first-order valence-corrected chi connectivity index (χ1v) is 7.07. The minimum atomic E-state index is 0. The highest BCUT2D eigenvalue weighted by Gasteiger charge is 1.78. The molecule has 2 rings (SSSR count). The molecule has 2 aromatic carbocycles. The van der Waals surface area contributed by atoms with Crippen molar-refractivity contribution in [3.8, 4) is 0 Å². The summed E-state index contributed by atoms with van der Waals surface area (Å²) in [7, 11) is 5.09. The average Bonchev–Trinajstić information content (AvgIpc) is 2.43. The van der Waals surface area contributed by atoms with E-state index in [4.69, 9.17) is 0 Å². The molecular formula is C16H22Cl4P2. The lowest BCUT2D eigenvalue weighted by molar-refractivity contribution is 1.67. The van der Waals surface area contributed by atoms with Gasteiger partial charge in [0, 0.05) is 0 Å². The normalized spacial score (nSPS) is 8.45. The van der Waals surface area contributed by atoms with Crippen molar-refractivity contribution in [3.63, 3.8) is 0 Å². The molecule has 0 bridgehead atoms. The maximum atomic E-state index is 2.55. The third-order valence-corrected chi connectivity index (χ3v) is 2.56. The van der Waals surface area contributed by atoms with E-state index in [0.29, 0.717) is 0 Å². The maximum absolute atomic E-state index is 2.55.